The number of methoxy groups -OCH3 is 1. The number of H-pyrrole nitrogens is 1. The van der Waals surface area contributed by atoms with Crippen LogP contribution in [0.1, 0.15) is 10.5 Å². The molecule has 1 heterocycles. The third-order valence-electron chi connectivity index (χ3n) is 2.31. The van der Waals surface area contributed by atoms with Gasteiger partial charge in [-0.15, -0.1) is 0 Å². The number of nitrogens with one attached hydrogen (secondary N) is 2. The highest BCUT2D eigenvalue weighted by Crippen LogP contribution is 2.22. The number of carbonyl (C=O) groups excluding carboxylic acids is 1. The maximum atomic E-state index is 13.5. The fourth-order valence-electron chi connectivity index (χ4n) is 1.42. The highest BCUT2D eigenvalue weighted by molar-refractivity contribution is 9.10. The molecule has 18 heavy (non-hydrogen) atoms. The minimum atomic E-state index is -0.519. The maximum Gasteiger partial charge on any atom is 0.272 e. The molecular weight excluding hydrogens is 303 g/mol. The lowest BCUT2D eigenvalue weighted by atomic mass is 10.2. The van der Waals surface area contributed by atoms with Crippen LogP contribution in [0.15, 0.2) is 34.9 Å². The molecule has 2 rings (SSSR count). The molecule has 6 heteroatoms. The highest BCUT2D eigenvalue weighted by atomic mass is 79.9. The zero-order chi connectivity index (χ0) is 13.1. The molecule has 0 aliphatic rings. The molecule has 0 aliphatic heterocycles. The van der Waals surface area contributed by atoms with E-state index in [1.165, 1.54) is 25.3 Å². The Morgan fingerprint density at radius 2 is 2.22 bits per heavy atom. The van der Waals surface area contributed by atoms with Gasteiger partial charge < -0.3 is 15.0 Å². The minimum absolute atomic E-state index is 0.0741. The number of anilines is 1. The first kappa shape index (κ1) is 12.6. The van der Waals surface area contributed by atoms with Crippen molar-refractivity contribution in [3.8, 4) is 5.75 Å². The van der Waals surface area contributed by atoms with Gasteiger partial charge in [-0.3, -0.25) is 4.79 Å². The van der Waals surface area contributed by atoms with Gasteiger partial charge in [-0.05, 0) is 34.1 Å². The predicted molar refractivity (Wildman–Crippen MR) is 69.4 cm³/mol. The van der Waals surface area contributed by atoms with Gasteiger partial charge in [0.2, 0.25) is 0 Å². The average molecular weight is 313 g/mol. The quantitative estimate of drug-likeness (QED) is 0.914. The molecule has 0 unspecified atom stereocenters. The van der Waals surface area contributed by atoms with Gasteiger partial charge in [0.15, 0.2) is 0 Å². The van der Waals surface area contributed by atoms with Crippen molar-refractivity contribution in [1.82, 2.24) is 4.98 Å². The summed E-state index contributed by atoms with van der Waals surface area (Å²) in [7, 11) is 1.47. The summed E-state index contributed by atoms with van der Waals surface area (Å²) in [5, 5.41) is 2.47. The summed E-state index contributed by atoms with van der Waals surface area (Å²) >= 11 is 3.22. The van der Waals surface area contributed by atoms with E-state index < -0.39 is 11.7 Å². The lowest BCUT2D eigenvalue weighted by molar-refractivity contribution is 0.102. The van der Waals surface area contributed by atoms with Crippen molar-refractivity contribution in [2.75, 3.05) is 12.4 Å². The molecule has 94 valence electrons. The van der Waals surface area contributed by atoms with Gasteiger partial charge in [-0.2, -0.15) is 0 Å². The van der Waals surface area contributed by atoms with Crippen molar-refractivity contribution in [3.63, 3.8) is 0 Å². The molecule has 4 nitrogen and oxygen atoms in total. The van der Waals surface area contributed by atoms with Crippen LogP contribution < -0.4 is 10.1 Å². The molecule has 0 aliphatic carbocycles. The fraction of sp³-hybridized carbons (Fsp3) is 0.0833. The van der Waals surface area contributed by atoms with Crippen LogP contribution in [0.5, 0.6) is 5.75 Å². The average Bonchev–Trinajstić information content (AvgIpc) is 2.79. The largest absolute Gasteiger partial charge is 0.497 e. The van der Waals surface area contributed by atoms with E-state index in [9.17, 15) is 9.18 Å². The Morgan fingerprint density at radius 3 is 2.83 bits per heavy atom. The van der Waals surface area contributed by atoms with Crippen LogP contribution in [0.2, 0.25) is 0 Å². The summed E-state index contributed by atoms with van der Waals surface area (Å²) < 4.78 is 19.2. The lowest BCUT2D eigenvalue weighted by Crippen LogP contribution is -2.13. The van der Waals surface area contributed by atoms with E-state index in [0.29, 0.717) is 11.4 Å². The number of amides is 1. The van der Waals surface area contributed by atoms with Crippen molar-refractivity contribution in [1.29, 1.82) is 0 Å². The molecule has 1 aromatic carbocycles. The standard InChI is InChI=1S/C12H10BrFN2O2/c1-18-8-2-3-9(14)10(5-8)16-12(17)11-4-7(13)6-15-11/h2-6,15H,1H3,(H,16,17). The Kier molecular flexibility index (Phi) is 3.66. The van der Waals surface area contributed by atoms with Crippen LogP contribution in [0.4, 0.5) is 10.1 Å². The van der Waals surface area contributed by atoms with Crippen molar-refractivity contribution in [2.24, 2.45) is 0 Å². The Hall–Kier alpha value is -1.82. The third kappa shape index (κ3) is 2.70. The number of ether oxygens (including phenoxy) is 1. The second-order valence-electron chi connectivity index (χ2n) is 3.53. The summed E-state index contributed by atoms with van der Waals surface area (Å²) in [4.78, 5) is 14.6. The van der Waals surface area contributed by atoms with Crippen LogP contribution in [-0.4, -0.2) is 18.0 Å². The maximum absolute atomic E-state index is 13.5. The van der Waals surface area contributed by atoms with Crippen LogP contribution in [0.25, 0.3) is 0 Å². The van der Waals surface area contributed by atoms with Crippen molar-refractivity contribution < 1.29 is 13.9 Å². The molecule has 2 aromatic rings. The molecule has 0 radical (unpaired) electrons. The Morgan fingerprint density at radius 1 is 1.44 bits per heavy atom. The zero-order valence-corrected chi connectivity index (χ0v) is 11.0. The number of hydrogen-bond acceptors (Lipinski definition) is 2. The van der Waals surface area contributed by atoms with E-state index in [1.807, 2.05) is 0 Å². The van der Waals surface area contributed by atoms with Gasteiger partial charge in [-0.25, -0.2) is 4.39 Å². The SMILES string of the molecule is COc1ccc(F)c(NC(=O)c2cc(Br)c[nH]2)c1. The molecule has 2 N–H and O–H groups in total. The third-order valence-corrected chi connectivity index (χ3v) is 2.77. The van der Waals surface area contributed by atoms with Crippen molar-refractivity contribution in [2.45, 2.75) is 0 Å². The van der Waals surface area contributed by atoms with E-state index in [4.69, 9.17) is 4.74 Å². The first-order valence-corrected chi connectivity index (χ1v) is 5.88. The van der Waals surface area contributed by atoms with E-state index in [2.05, 4.69) is 26.2 Å². The summed E-state index contributed by atoms with van der Waals surface area (Å²) in [5.41, 5.74) is 0.411. The monoisotopic (exact) mass is 312 g/mol. The van der Waals surface area contributed by atoms with Crippen LogP contribution in [-0.2, 0) is 0 Å². The topological polar surface area (TPSA) is 54.1 Å². The molecule has 0 fully saturated rings. The van der Waals surface area contributed by atoms with Crippen molar-refractivity contribution >= 4 is 27.5 Å². The molecule has 0 saturated carbocycles. The first-order chi connectivity index (χ1) is 8.60. The van der Waals surface area contributed by atoms with Gasteiger partial charge in [0.1, 0.15) is 17.3 Å². The van der Waals surface area contributed by atoms with Gasteiger partial charge in [0, 0.05) is 16.7 Å². The normalized spacial score (nSPS) is 10.2. The molecule has 0 bridgehead atoms. The first-order valence-electron chi connectivity index (χ1n) is 5.09. The predicted octanol–water partition coefficient (Wildman–Crippen LogP) is 3.18. The zero-order valence-electron chi connectivity index (χ0n) is 9.46. The fourth-order valence-corrected chi connectivity index (χ4v) is 1.76. The number of aromatic amines is 1. The van der Waals surface area contributed by atoms with E-state index >= 15 is 0 Å². The number of hydrogen-bond donors (Lipinski definition) is 2. The van der Waals surface area contributed by atoms with E-state index in [-0.39, 0.29) is 5.69 Å². The number of carbonyl (C=O) groups is 1. The van der Waals surface area contributed by atoms with Gasteiger partial charge >= 0.3 is 0 Å². The molecular formula is C12H10BrFN2O2. The molecule has 0 spiro atoms. The molecule has 0 saturated heterocycles. The second-order valence-corrected chi connectivity index (χ2v) is 4.45. The molecule has 0 atom stereocenters. The number of benzene rings is 1. The van der Waals surface area contributed by atoms with Gasteiger partial charge in [-0.1, -0.05) is 0 Å². The van der Waals surface area contributed by atoms with Crippen LogP contribution in [0.3, 0.4) is 0 Å². The Labute approximate surface area is 111 Å². The lowest BCUT2D eigenvalue weighted by Gasteiger charge is -2.07. The summed E-state index contributed by atoms with van der Waals surface area (Å²) in [6.07, 6.45) is 1.62. The molecule has 1 amide bonds. The van der Waals surface area contributed by atoms with Crippen LogP contribution >= 0.6 is 15.9 Å². The number of rotatable bonds is 3. The van der Waals surface area contributed by atoms with Gasteiger partial charge in [0.05, 0.1) is 12.8 Å². The molecule has 1 aromatic heterocycles. The number of aromatic nitrogens is 1. The summed E-state index contributed by atoms with van der Waals surface area (Å²) in [6, 6.07) is 5.74. The summed E-state index contributed by atoms with van der Waals surface area (Å²) in [5.74, 6) is -0.470. The van der Waals surface area contributed by atoms with E-state index in [0.717, 1.165) is 4.47 Å². The second kappa shape index (κ2) is 5.22. The van der Waals surface area contributed by atoms with Crippen LogP contribution in [0, 0.1) is 5.82 Å². The Bertz CT molecular complexity index is 583. The smallest absolute Gasteiger partial charge is 0.272 e. The number of halogens is 2. The van der Waals surface area contributed by atoms with E-state index in [1.54, 1.807) is 12.3 Å². The van der Waals surface area contributed by atoms with Crippen molar-refractivity contribution in [3.05, 3.63) is 46.4 Å². The Balaban J connectivity index is 2.21. The van der Waals surface area contributed by atoms with Gasteiger partial charge in [0.25, 0.3) is 5.91 Å². The minimum Gasteiger partial charge on any atom is -0.497 e. The summed E-state index contributed by atoms with van der Waals surface area (Å²) in [6.45, 7) is 0. The highest BCUT2D eigenvalue weighted by Gasteiger charge is 2.11.